The van der Waals surface area contributed by atoms with Gasteiger partial charge in [0.25, 0.3) is 11.5 Å². The number of nitrogens with zero attached hydrogens (tertiary/aromatic N) is 2. The number of rotatable bonds is 2. The van der Waals surface area contributed by atoms with Gasteiger partial charge in [-0.05, 0) is 32.6 Å². The monoisotopic (exact) mass is 319 g/mol. The van der Waals surface area contributed by atoms with Crippen LogP contribution in [-0.2, 0) is 27.4 Å². The summed E-state index contributed by atoms with van der Waals surface area (Å²) in [6.45, 7) is 3.69. The van der Waals surface area contributed by atoms with Gasteiger partial charge < -0.3 is 19.4 Å². The van der Waals surface area contributed by atoms with Crippen LogP contribution in [0.4, 0.5) is 0 Å². The molecule has 3 aliphatic heterocycles. The number of hydrogen-bond acceptors (Lipinski definition) is 5. The van der Waals surface area contributed by atoms with Crippen molar-refractivity contribution >= 4 is 5.91 Å². The van der Waals surface area contributed by atoms with E-state index in [-0.39, 0.29) is 17.6 Å². The number of carbonyl (C=O) groups is 1. The minimum absolute atomic E-state index is 0.0584. The molecular formula is C16H21N3O4. The summed E-state index contributed by atoms with van der Waals surface area (Å²) in [5, 5.41) is 0. The maximum Gasteiger partial charge on any atom is 0.258 e. The Balaban J connectivity index is 1.62. The summed E-state index contributed by atoms with van der Waals surface area (Å²) in [7, 11) is 0. The molecule has 2 atom stereocenters. The summed E-state index contributed by atoms with van der Waals surface area (Å²) in [5.41, 5.74) is 0.256. The molecule has 23 heavy (non-hydrogen) atoms. The van der Waals surface area contributed by atoms with Crippen molar-refractivity contribution in [3.05, 3.63) is 27.4 Å². The minimum Gasteiger partial charge on any atom is -0.375 e. The molecule has 0 aromatic carbocycles. The van der Waals surface area contributed by atoms with Crippen molar-refractivity contribution in [2.75, 3.05) is 13.2 Å². The van der Waals surface area contributed by atoms with Crippen molar-refractivity contribution < 1.29 is 14.3 Å². The first-order valence-electron chi connectivity index (χ1n) is 8.24. The molecule has 1 N–H and O–H groups in total. The highest BCUT2D eigenvalue weighted by Gasteiger charge is 2.53. The highest BCUT2D eigenvalue weighted by molar-refractivity contribution is 5.87. The molecular weight excluding hydrogens is 298 g/mol. The Hall–Kier alpha value is -1.73. The van der Waals surface area contributed by atoms with Crippen LogP contribution >= 0.6 is 0 Å². The van der Waals surface area contributed by atoms with Crippen LogP contribution in [0.25, 0.3) is 0 Å². The summed E-state index contributed by atoms with van der Waals surface area (Å²) in [5.74, 6) is 0.519. The second kappa shape index (κ2) is 5.42. The molecule has 2 fully saturated rings. The molecule has 2 saturated heterocycles. The molecule has 124 valence electrons. The fraction of sp³-hybridized carbons (Fsp3) is 0.688. The Morgan fingerprint density at radius 2 is 2.22 bits per heavy atom. The predicted molar refractivity (Wildman–Crippen MR) is 80.7 cm³/mol. The highest BCUT2D eigenvalue weighted by atomic mass is 16.6. The van der Waals surface area contributed by atoms with Gasteiger partial charge in [-0.15, -0.1) is 0 Å². The molecule has 1 aromatic rings. The summed E-state index contributed by atoms with van der Waals surface area (Å²) < 4.78 is 11.7. The molecule has 1 amide bonds. The van der Waals surface area contributed by atoms with Gasteiger partial charge in [0.2, 0.25) is 0 Å². The van der Waals surface area contributed by atoms with Gasteiger partial charge in [-0.25, -0.2) is 4.98 Å². The van der Waals surface area contributed by atoms with Gasteiger partial charge in [-0.3, -0.25) is 9.59 Å². The zero-order valence-corrected chi connectivity index (χ0v) is 13.3. The fourth-order valence-electron chi connectivity index (χ4n) is 3.97. The molecule has 4 rings (SSSR count). The number of aromatic nitrogens is 2. The van der Waals surface area contributed by atoms with Gasteiger partial charge in [-0.1, -0.05) is 0 Å². The van der Waals surface area contributed by atoms with Crippen LogP contribution in [0.1, 0.15) is 42.8 Å². The van der Waals surface area contributed by atoms with Crippen molar-refractivity contribution in [1.29, 1.82) is 0 Å². The SMILES string of the molecule is Cc1nc2c(c(=O)[nH]1)CN(C(=O)C1(C3CCCO3)CCCO1)C2. The minimum atomic E-state index is -0.875. The zero-order chi connectivity index (χ0) is 16.0. The third-order valence-corrected chi connectivity index (χ3v) is 5.06. The number of fused-ring (bicyclic) bond motifs is 1. The van der Waals surface area contributed by atoms with Gasteiger partial charge >= 0.3 is 0 Å². The van der Waals surface area contributed by atoms with Crippen LogP contribution in [0.2, 0.25) is 0 Å². The second-order valence-corrected chi connectivity index (χ2v) is 6.58. The maximum absolute atomic E-state index is 13.2. The predicted octanol–water partition coefficient (Wildman–Crippen LogP) is 0.649. The van der Waals surface area contributed by atoms with E-state index in [0.29, 0.717) is 49.8 Å². The van der Waals surface area contributed by atoms with E-state index >= 15 is 0 Å². The number of nitrogens with one attached hydrogen (secondary N) is 1. The molecule has 3 aliphatic rings. The lowest BCUT2D eigenvalue weighted by Crippen LogP contribution is -2.54. The van der Waals surface area contributed by atoms with Gasteiger partial charge in [0.1, 0.15) is 5.82 Å². The Kier molecular flexibility index (Phi) is 3.50. The molecule has 2 unspecified atom stereocenters. The van der Waals surface area contributed by atoms with Crippen molar-refractivity contribution in [2.45, 2.75) is 57.4 Å². The van der Waals surface area contributed by atoms with E-state index in [0.717, 1.165) is 19.3 Å². The smallest absolute Gasteiger partial charge is 0.258 e. The number of aromatic amines is 1. The summed E-state index contributed by atoms with van der Waals surface area (Å²) in [6, 6.07) is 0. The van der Waals surface area contributed by atoms with Crippen molar-refractivity contribution in [3.63, 3.8) is 0 Å². The Morgan fingerprint density at radius 1 is 1.35 bits per heavy atom. The average molecular weight is 319 g/mol. The van der Waals surface area contributed by atoms with Crippen LogP contribution in [-0.4, -0.2) is 45.7 Å². The van der Waals surface area contributed by atoms with E-state index in [1.165, 1.54) is 0 Å². The second-order valence-electron chi connectivity index (χ2n) is 6.58. The van der Waals surface area contributed by atoms with E-state index in [1.54, 1.807) is 11.8 Å². The van der Waals surface area contributed by atoms with E-state index < -0.39 is 5.60 Å². The molecule has 0 aliphatic carbocycles. The van der Waals surface area contributed by atoms with Crippen LogP contribution in [0, 0.1) is 6.92 Å². The number of aryl methyl sites for hydroxylation is 1. The van der Waals surface area contributed by atoms with Gasteiger partial charge in [0.15, 0.2) is 5.60 Å². The third-order valence-electron chi connectivity index (χ3n) is 5.06. The Morgan fingerprint density at radius 3 is 2.91 bits per heavy atom. The first kappa shape index (κ1) is 14.8. The number of carbonyl (C=O) groups excluding carboxylic acids is 1. The van der Waals surface area contributed by atoms with Crippen molar-refractivity contribution in [3.8, 4) is 0 Å². The summed E-state index contributed by atoms with van der Waals surface area (Å²) in [6.07, 6.45) is 3.19. The largest absolute Gasteiger partial charge is 0.375 e. The molecule has 4 heterocycles. The van der Waals surface area contributed by atoms with Crippen LogP contribution < -0.4 is 5.56 Å². The highest BCUT2D eigenvalue weighted by Crippen LogP contribution is 2.38. The quantitative estimate of drug-likeness (QED) is 0.865. The van der Waals surface area contributed by atoms with Gasteiger partial charge in [0.05, 0.1) is 30.5 Å². The third kappa shape index (κ3) is 2.30. The molecule has 0 radical (unpaired) electrons. The summed E-state index contributed by atoms with van der Waals surface area (Å²) >= 11 is 0. The van der Waals surface area contributed by atoms with Crippen LogP contribution in [0.15, 0.2) is 4.79 Å². The molecule has 0 spiro atoms. The lowest BCUT2D eigenvalue weighted by atomic mass is 9.89. The average Bonchev–Trinajstić information content (AvgIpc) is 3.26. The van der Waals surface area contributed by atoms with E-state index in [2.05, 4.69) is 9.97 Å². The van der Waals surface area contributed by atoms with Crippen molar-refractivity contribution in [1.82, 2.24) is 14.9 Å². The van der Waals surface area contributed by atoms with E-state index in [4.69, 9.17) is 9.47 Å². The molecule has 1 aromatic heterocycles. The Bertz CT molecular complexity index is 687. The molecule has 0 bridgehead atoms. The lowest BCUT2D eigenvalue weighted by Gasteiger charge is -2.35. The molecule has 7 heteroatoms. The van der Waals surface area contributed by atoms with Gasteiger partial charge in [0, 0.05) is 13.2 Å². The van der Waals surface area contributed by atoms with Crippen LogP contribution in [0.3, 0.4) is 0 Å². The van der Waals surface area contributed by atoms with E-state index in [9.17, 15) is 9.59 Å². The first-order chi connectivity index (χ1) is 11.1. The van der Waals surface area contributed by atoms with Gasteiger partial charge in [-0.2, -0.15) is 0 Å². The number of hydrogen-bond donors (Lipinski definition) is 1. The molecule has 0 saturated carbocycles. The zero-order valence-electron chi connectivity index (χ0n) is 13.3. The summed E-state index contributed by atoms with van der Waals surface area (Å²) in [4.78, 5) is 34.0. The molecule has 7 nitrogen and oxygen atoms in total. The Labute approximate surface area is 134 Å². The standard InChI is InChI=1S/C16H21N3O4/c1-10-17-12-9-19(8-11(12)14(20)18-10)15(21)16(5-3-7-23-16)13-4-2-6-22-13/h13H,2-9H2,1H3,(H,17,18,20). The topological polar surface area (TPSA) is 84.5 Å². The number of amides is 1. The maximum atomic E-state index is 13.2. The van der Waals surface area contributed by atoms with Crippen LogP contribution in [0.5, 0.6) is 0 Å². The van der Waals surface area contributed by atoms with E-state index in [1.807, 2.05) is 0 Å². The van der Waals surface area contributed by atoms with Crippen molar-refractivity contribution in [2.24, 2.45) is 0 Å². The lowest BCUT2D eigenvalue weighted by molar-refractivity contribution is -0.169. The normalized spacial score (nSPS) is 30.0. The fourth-order valence-corrected chi connectivity index (χ4v) is 3.97. The number of ether oxygens (including phenoxy) is 2. The first-order valence-corrected chi connectivity index (χ1v) is 8.24. The number of H-pyrrole nitrogens is 1.